The molecule has 2 aromatic carbocycles. The van der Waals surface area contributed by atoms with E-state index in [-0.39, 0.29) is 5.91 Å². The van der Waals surface area contributed by atoms with E-state index < -0.39 is 0 Å². The number of hydrogen-bond acceptors (Lipinski definition) is 4. The molecule has 0 bridgehead atoms. The van der Waals surface area contributed by atoms with Crippen molar-refractivity contribution >= 4 is 5.91 Å². The smallest absolute Gasteiger partial charge is 0.257 e. The van der Waals surface area contributed by atoms with Crippen molar-refractivity contribution in [1.82, 2.24) is 19.7 Å². The van der Waals surface area contributed by atoms with Crippen LogP contribution in [0.25, 0.3) is 11.5 Å². The minimum Gasteiger partial charge on any atom is -0.497 e. The highest BCUT2D eigenvalue weighted by atomic mass is 16.5. The molecule has 0 spiro atoms. The minimum atomic E-state index is -0.170. The third kappa shape index (κ3) is 4.62. The molecule has 1 amide bonds. The van der Waals surface area contributed by atoms with Gasteiger partial charge in [-0.15, -0.1) is 0 Å². The molecule has 0 atom stereocenters. The van der Waals surface area contributed by atoms with E-state index in [2.05, 4.69) is 5.32 Å². The van der Waals surface area contributed by atoms with Gasteiger partial charge in [0.05, 0.1) is 25.6 Å². The Hall–Kier alpha value is -4.00. The number of carbonyl (C=O) groups excluding carboxylic acids is 1. The van der Waals surface area contributed by atoms with Gasteiger partial charge in [0.2, 0.25) is 0 Å². The van der Waals surface area contributed by atoms with E-state index >= 15 is 0 Å². The molecular weight excluding hydrogens is 416 g/mol. The maximum absolute atomic E-state index is 13.3. The van der Waals surface area contributed by atoms with Crippen LogP contribution in [0.15, 0.2) is 67.0 Å². The van der Waals surface area contributed by atoms with Crippen LogP contribution in [-0.2, 0) is 6.42 Å². The van der Waals surface area contributed by atoms with Gasteiger partial charge in [-0.3, -0.25) is 4.79 Å². The number of aryl methyl sites for hydroxylation is 2. The molecule has 0 unspecified atom stereocenters. The Morgan fingerprint density at radius 3 is 2.39 bits per heavy atom. The zero-order valence-electron chi connectivity index (χ0n) is 19.3. The third-order valence-corrected chi connectivity index (χ3v) is 5.56. The monoisotopic (exact) mass is 444 g/mol. The number of amides is 1. The zero-order valence-corrected chi connectivity index (χ0v) is 19.3. The van der Waals surface area contributed by atoms with E-state index in [0.29, 0.717) is 30.0 Å². The molecule has 0 aliphatic rings. The van der Waals surface area contributed by atoms with E-state index in [1.54, 1.807) is 14.2 Å². The van der Waals surface area contributed by atoms with Crippen LogP contribution in [0.3, 0.4) is 0 Å². The molecule has 1 N–H and O–H groups in total. The van der Waals surface area contributed by atoms with Crippen molar-refractivity contribution < 1.29 is 14.3 Å². The molecule has 0 aliphatic carbocycles. The average molecular weight is 445 g/mol. The first-order chi connectivity index (χ1) is 16.0. The molecular formula is C26H28N4O3. The van der Waals surface area contributed by atoms with Gasteiger partial charge in [-0.2, -0.15) is 5.10 Å². The Balaban J connectivity index is 1.61. The Bertz CT molecular complexity index is 1240. The van der Waals surface area contributed by atoms with Crippen LogP contribution in [0, 0.1) is 13.8 Å². The summed E-state index contributed by atoms with van der Waals surface area (Å²) in [6, 6.07) is 17.6. The molecule has 0 fully saturated rings. The summed E-state index contributed by atoms with van der Waals surface area (Å²) in [6.07, 6.45) is 4.44. The highest BCUT2D eigenvalue weighted by Gasteiger charge is 2.23. The summed E-state index contributed by atoms with van der Waals surface area (Å²) >= 11 is 0. The Kier molecular flexibility index (Phi) is 6.49. The number of rotatable bonds is 8. The lowest BCUT2D eigenvalue weighted by molar-refractivity contribution is 0.0953. The zero-order chi connectivity index (χ0) is 23.4. The van der Waals surface area contributed by atoms with Crippen LogP contribution in [-0.4, -0.2) is 41.0 Å². The van der Waals surface area contributed by atoms with Crippen LogP contribution in [0.5, 0.6) is 11.5 Å². The third-order valence-electron chi connectivity index (χ3n) is 5.56. The molecule has 4 rings (SSSR count). The van der Waals surface area contributed by atoms with Crippen LogP contribution in [0.1, 0.15) is 27.2 Å². The van der Waals surface area contributed by atoms with E-state index in [4.69, 9.17) is 14.6 Å². The molecule has 2 aromatic heterocycles. The molecule has 33 heavy (non-hydrogen) atoms. The second-order valence-corrected chi connectivity index (χ2v) is 7.81. The van der Waals surface area contributed by atoms with Crippen molar-refractivity contribution in [1.29, 1.82) is 0 Å². The Morgan fingerprint density at radius 2 is 1.73 bits per heavy atom. The van der Waals surface area contributed by atoms with Crippen molar-refractivity contribution in [2.75, 3.05) is 20.8 Å². The Morgan fingerprint density at radius 1 is 1.00 bits per heavy atom. The van der Waals surface area contributed by atoms with E-state index in [1.165, 1.54) is 0 Å². The van der Waals surface area contributed by atoms with Gasteiger partial charge in [0.1, 0.15) is 17.1 Å². The van der Waals surface area contributed by atoms with Crippen LogP contribution >= 0.6 is 0 Å². The summed E-state index contributed by atoms with van der Waals surface area (Å²) in [5, 5.41) is 7.75. The van der Waals surface area contributed by atoms with Crippen molar-refractivity contribution in [3.63, 3.8) is 0 Å². The first-order valence-corrected chi connectivity index (χ1v) is 10.8. The van der Waals surface area contributed by atoms with Gasteiger partial charge in [0.25, 0.3) is 5.91 Å². The number of benzene rings is 2. The maximum Gasteiger partial charge on any atom is 0.257 e. The van der Waals surface area contributed by atoms with E-state index in [0.717, 1.165) is 28.3 Å². The molecule has 0 saturated carbocycles. The summed E-state index contributed by atoms with van der Waals surface area (Å²) in [4.78, 5) is 13.3. The fourth-order valence-electron chi connectivity index (χ4n) is 3.84. The molecule has 170 valence electrons. The van der Waals surface area contributed by atoms with E-state index in [9.17, 15) is 4.79 Å². The van der Waals surface area contributed by atoms with Gasteiger partial charge in [-0.25, -0.2) is 4.68 Å². The highest BCUT2D eigenvalue weighted by Crippen LogP contribution is 2.25. The molecule has 0 aliphatic heterocycles. The lowest BCUT2D eigenvalue weighted by atomic mass is 10.1. The SMILES string of the molecule is COc1ccc(OC)c(CCNC(=O)c2c(C)nn(-c3ccc(C)cc3)c2-n2cccc2)c1. The number of hydrogen-bond donors (Lipinski definition) is 1. The number of nitrogens with one attached hydrogen (secondary N) is 1. The predicted octanol–water partition coefficient (Wildman–Crippen LogP) is 4.27. The first-order valence-electron chi connectivity index (χ1n) is 10.8. The number of nitrogens with zero attached hydrogens (tertiary/aromatic N) is 3. The fourth-order valence-corrected chi connectivity index (χ4v) is 3.84. The number of carbonyl (C=O) groups is 1. The van der Waals surface area contributed by atoms with Gasteiger partial charge in [0, 0.05) is 18.9 Å². The summed E-state index contributed by atoms with van der Waals surface area (Å²) in [6.45, 7) is 4.35. The second-order valence-electron chi connectivity index (χ2n) is 7.81. The Labute approximate surface area is 193 Å². The number of ether oxygens (including phenoxy) is 2. The maximum atomic E-state index is 13.3. The highest BCUT2D eigenvalue weighted by molar-refractivity contribution is 5.98. The normalized spacial score (nSPS) is 10.8. The van der Waals surface area contributed by atoms with Crippen molar-refractivity contribution in [2.45, 2.75) is 20.3 Å². The van der Waals surface area contributed by atoms with Crippen molar-refractivity contribution in [3.05, 3.63) is 89.4 Å². The summed E-state index contributed by atoms with van der Waals surface area (Å²) < 4.78 is 14.5. The predicted molar refractivity (Wildman–Crippen MR) is 128 cm³/mol. The van der Waals surface area contributed by atoms with Crippen LogP contribution in [0.4, 0.5) is 0 Å². The number of methoxy groups -OCH3 is 2. The first kappa shape index (κ1) is 22.2. The van der Waals surface area contributed by atoms with Gasteiger partial charge in [-0.05, 0) is 68.3 Å². The van der Waals surface area contributed by atoms with E-state index in [1.807, 2.05) is 90.1 Å². The van der Waals surface area contributed by atoms with Crippen LogP contribution < -0.4 is 14.8 Å². The summed E-state index contributed by atoms with van der Waals surface area (Å²) in [5.41, 5.74) is 4.23. The minimum absolute atomic E-state index is 0.170. The quantitative estimate of drug-likeness (QED) is 0.441. The lowest BCUT2D eigenvalue weighted by Gasteiger charge is -2.13. The van der Waals surface area contributed by atoms with Gasteiger partial charge < -0.3 is 19.4 Å². The summed E-state index contributed by atoms with van der Waals surface area (Å²) in [5.74, 6) is 2.05. The summed E-state index contributed by atoms with van der Waals surface area (Å²) in [7, 11) is 3.26. The molecule has 0 radical (unpaired) electrons. The number of aromatic nitrogens is 3. The molecule has 7 heteroatoms. The fraction of sp³-hybridized carbons (Fsp3) is 0.231. The average Bonchev–Trinajstić information content (AvgIpc) is 3.47. The van der Waals surface area contributed by atoms with Crippen molar-refractivity contribution in [3.8, 4) is 23.0 Å². The molecule has 4 aromatic rings. The van der Waals surface area contributed by atoms with Crippen molar-refractivity contribution in [2.24, 2.45) is 0 Å². The van der Waals surface area contributed by atoms with Crippen LogP contribution in [0.2, 0.25) is 0 Å². The van der Waals surface area contributed by atoms with Gasteiger partial charge in [0.15, 0.2) is 5.82 Å². The second kappa shape index (κ2) is 9.65. The van der Waals surface area contributed by atoms with Gasteiger partial charge in [-0.1, -0.05) is 17.7 Å². The largest absolute Gasteiger partial charge is 0.497 e. The standard InChI is InChI=1S/C26H28N4O3/c1-18-7-9-21(10-8-18)30-26(29-15-5-6-16-29)24(19(2)28-30)25(31)27-14-13-20-17-22(32-3)11-12-23(20)33-4/h5-12,15-17H,13-14H2,1-4H3,(H,27,31). The van der Waals surface area contributed by atoms with Gasteiger partial charge >= 0.3 is 0 Å². The molecule has 2 heterocycles. The lowest BCUT2D eigenvalue weighted by Crippen LogP contribution is -2.27. The topological polar surface area (TPSA) is 70.3 Å². The molecule has 7 nitrogen and oxygen atoms in total. The molecule has 0 saturated heterocycles.